The van der Waals surface area contributed by atoms with Crippen LogP contribution in [-0.2, 0) is 9.16 Å². The Balaban J connectivity index is 4.89. The molecule has 1 atom stereocenters. The van der Waals surface area contributed by atoms with Crippen LogP contribution in [0.25, 0.3) is 0 Å². The summed E-state index contributed by atoms with van der Waals surface area (Å²) in [6.45, 7) is 21.9. The summed E-state index contributed by atoms with van der Waals surface area (Å²) in [6.07, 6.45) is 0.469. The van der Waals surface area contributed by atoms with Gasteiger partial charge >= 0.3 is 6.09 Å². The maximum Gasteiger partial charge on any atom is 0.407 e. The Kier molecular flexibility index (Phi) is 8.85. The molecule has 0 spiro atoms. The van der Waals surface area contributed by atoms with E-state index in [1.54, 1.807) is 0 Å². The molecule has 0 fully saturated rings. The van der Waals surface area contributed by atoms with Crippen LogP contribution < -0.4 is 5.32 Å². The lowest BCUT2D eigenvalue weighted by molar-refractivity contribution is 0.0483. The van der Waals surface area contributed by atoms with Crippen LogP contribution >= 0.6 is 0 Å². The summed E-state index contributed by atoms with van der Waals surface area (Å²) in [5.41, 5.74) is 1.15. The van der Waals surface area contributed by atoms with Crippen LogP contribution in [0.15, 0.2) is 0 Å². The van der Waals surface area contributed by atoms with Gasteiger partial charge in [-0.25, -0.2) is 4.79 Å². The molecule has 0 rings (SSSR count). The molecule has 0 heterocycles. The van der Waals surface area contributed by atoms with Crippen molar-refractivity contribution in [2.24, 2.45) is 0 Å². The average molecular weight is 346 g/mol. The highest BCUT2D eigenvalue weighted by atomic mass is 28.4. The van der Waals surface area contributed by atoms with Gasteiger partial charge in [0.25, 0.3) is 0 Å². The number of hydrogen-bond acceptors (Lipinski definition) is 3. The van der Waals surface area contributed by atoms with E-state index in [4.69, 9.17) is 9.16 Å². The number of rotatable bonds is 8. The minimum Gasteiger partial charge on any atom is -0.444 e. The standard InChI is InChI=1S/C18H39NO3Si/c1-11-16(19-17(20)22-18(8,9)10)12-21-23(13(2)3,14(4)5)15(6)7/h13-16H,11-12H2,1-10H3,(H,19,20)/t16-/m0/s1. The molecule has 0 aromatic carbocycles. The number of alkyl carbamates (subject to hydrolysis) is 1. The highest BCUT2D eigenvalue weighted by Crippen LogP contribution is 2.42. The molecule has 0 radical (unpaired) electrons. The van der Waals surface area contributed by atoms with Crippen LogP contribution in [0.2, 0.25) is 16.6 Å². The first-order valence-corrected chi connectivity index (χ1v) is 11.1. The lowest BCUT2D eigenvalue weighted by atomic mass is 10.2. The van der Waals surface area contributed by atoms with Crippen molar-refractivity contribution in [3.05, 3.63) is 0 Å². The predicted molar refractivity (Wildman–Crippen MR) is 100 cm³/mol. The largest absolute Gasteiger partial charge is 0.444 e. The van der Waals surface area contributed by atoms with Gasteiger partial charge in [-0.1, -0.05) is 48.5 Å². The molecule has 1 amide bonds. The third-order valence-corrected chi connectivity index (χ3v) is 10.5. The molecular formula is C18H39NO3Si. The van der Waals surface area contributed by atoms with Gasteiger partial charge in [-0.3, -0.25) is 0 Å². The molecule has 0 unspecified atom stereocenters. The normalized spacial score (nSPS) is 14.5. The molecule has 0 saturated heterocycles. The Hall–Kier alpha value is -0.553. The molecule has 23 heavy (non-hydrogen) atoms. The Bertz CT molecular complexity index is 340. The minimum absolute atomic E-state index is 0.00650. The SMILES string of the molecule is CC[C@@H](CO[Si](C(C)C)(C(C)C)C(C)C)NC(=O)OC(C)(C)C. The molecule has 0 aromatic rings. The summed E-state index contributed by atoms with van der Waals surface area (Å²) in [6, 6.07) is -0.00650. The third kappa shape index (κ3) is 6.84. The van der Waals surface area contributed by atoms with Crippen molar-refractivity contribution < 1.29 is 14.0 Å². The Morgan fingerprint density at radius 2 is 1.43 bits per heavy atom. The van der Waals surface area contributed by atoms with Crippen molar-refractivity contribution in [1.29, 1.82) is 0 Å². The van der Waals surface area contributed by atoms with E-state index in [9.17, 15) is 4.79 Å². The van der Waals surface area contributed by atoms with Gasteiger partial charge in [-0.2, -0.15) is 0 Å². The molecule has 0 aliphatic rings. The molecule has 5 heteroatoms. The second-order valence-corrected chi connectivity index (χ2v) is 13.8. The number of amides is 1. The molecule has 138 valence electrons. The van der Waals surface area contributed by atoms with E-state index >= 15 is 0 Å². The van der Waals surface area contributed by atoms with Crippen LogP contribution in [0.3, 0.4) is 0 Å². The monoisotopic (exact) mass is 345 g/mol. The van der Waals surface area contributed by atoms with Gasteiger partial charge in [0.05, 0.1) is 12.6 Å². The van der Waals surface area contributed by atoms with Crippen molar-refractivity contribution in [1.82, 2.24) is 5.32 Å². The first kappa shape index (κ1) is 22.4. The van der Waals surface area contributed by atoms with Crippen LogP contribution in [-0.4, -0.2) is 32.7 Å². The first-order chi connectivity index (χ1) is 10.4. The maximum atomic E-state index is 12.0. The van der Waals surface area contributed by atoms with Gasteiger partial charge in [-0.15, -0.1) is 0 Å². The fourth-order valence-electron chi connectivity index (χ4n) is 3.48. The van der Waals surface area contributed by atoms with E-state index in [0.717, 1.165) is 6.42 Å². The van der Waals surface area contributed by atoms with Crippen LogP contribution in [0.4, 0.5) is 4.79 Å². The Morgan fingerprint density at radius 3 is 1.74 bits per heavy atom. The van der Waals surface area contributed by atoms with E-state index < -0.39 is 13.9 Å². The molecular weight excluding hydrogens is 306 g/mol. The number of hydrogen-bond donors (Lipinski definition) is 1. The van der Waals surface area contributed by atoms with E-state index in [1.165, 1.54) is 0 Å². The highest BCUT2D eigenvalue weighted by molar-refractivity contribution is 6.77. The summed E-state index contributed by atoms with van der Waals surface area (Å²) in [4.78, 5) is 12.0. The fraction of sp³-hybridized carbons (Fsp3) is 0.944. The number of ether oxygens (including phenoxy) is 1. The van der Waals surface area contributed by atoms with Gasteiger partial charge in [0.2, 0.25) is 0 Å². The van der Waals surface area contributed by atoms with Crippen molar-refractivity contribution in [2.45, 2.75) is 104 Å². The zero-order valence-corrected chi connectivity index (χ0v) is 17.9. The number of nitrogens with one attached hydrogen (secondary N) is 1. The van der Waals surface area contributed by atoms with Gasteiger partial charge in [-0.05, 0) is 43.8 Å². The molecule has 0 saturated carbocycles. The van der Waals surface area contributed by atoms with Gasteiger partial charge < -0.3 is 14.5 Å². The number of carbonyl (C=O) groups excluding carboxylic acids is 1. The zero-order chi connectivity index (χ0) is 18.4. The summed E-state index contributed by atoms with van der Waals surface area (Å²) in [5, 5.41) is 2.95. The van der Waals surface area contributed by atoms with E-state index in [2.05, 4.69) is 53.8 Å². The molecule has 4 nitrogen and oxygen atoms in total. The molecule has 0 aliphatic heterocycles. The molecule has 1 N–H and O–H groups in total. The number of carbonyl (C=O) groups is 1. The minimum atomic E-state index is -1.90. The van der Waals surface area contributed by atoms with E-state index in [0.29, 0.717) is 23.2 Å². The van der Waals surface area contributed by atoms with E-state index in [1.807, 2.05) is 20.8 Å². The Morgan fingerprint density at radius 1 is 1.00 bits per heavy atom. The average Bonchev–Trinajstić information content (AvgIpc) is 2.34. The zero-order valence-electron chi connectivity index (χ0n) is 16.9. The second-order valence-electron chi connectivity index (χ2n) is 8.38. The molecule has 0 aromatic heterocycles. The van der Waals surface area contributed by atoms with Crippen molar-refractivity contribution in [3.8, 4) is 0 Å². The lowest BCUT2D eigenvalue weighted by Gasteiger charge is -2.43. The quantitative estimate of drug-likeness (QED) is 0.592. The van der Waals surface area contributed by atoms with Gasteiger partial charge in [0.15, 0.2) is 8.32 Å². The highest BCUT2D eigenvalue weighted by Gasteiger charge is 2.45. The molecule has 0 aliphatic carbocycles. The molecule has 0 bridgehead atoms. The maximum absolute atomic E-state index is 12.0. The summed E-state index contributed by atoms with van der Waals surface area (Å²) < 4.78 is 11.9. The second kappa shape index (κ2) is 9.07. The summed E-state index contributed by atoms with van der Waals surface area (Å²) in [5.74, 6) is 0. The van der Waals surface area contributed by atoms with Crippen molar-refractivity contribution in [2.75, 3.05) is 6.61 Å². The summed E-state index contributed by atoms with van der Waals surface area (Å²) in [7, 11) is -1.90. The first-order valence-electron chi connectivity index (χ1n) is 9.00. The van der Waals surface area contributed by atoms with Crippen molar-refractivity contribution >= 4 is 14.4 Å². The van der Waals surface area contributed by atoms with Gasteiger partial charge in [0.1, 0.15) is 5.60 Å². The van der Waals surface area contributed by atoms with Crippen LogP contribution in [0.1, 0.15) is 75.7 Å². The van der Waals surface area contributed by atoms with Crippen LogP contribution in [0, 0.1) is 0 Å². The fourth-order valence-corrected chi connectivity index (χ4v) is 8.97. The third-order valence-electron chi connectivity index (χ3n) is 4.46. The topological polar surface area (TPSA) is 47.6 Å². The van der Waals surface area contributed by atoms with E-state index in [-0.39, 0.29) is 12.1 Å². The predicted octanol–water partition coefficient (Wildman–Crippen LogP) is 5.48. The van der Waals surface area contributed by atoms with Gasteiger partial charge in [0, 0.05) is 0 Å². The lowest BCUT2D eigenvalue weighted by Crippen LogP contribution is -2.51. The summed E-state index contributed by atoms with van der Waals surface area (Å²) >= 11 is 0. The van der Waals surface area contributed by atoms with Crippen LogP contribution in [0.5, 0.6) is 0 Å². The Labute approximate surface area is 144 Å². The van der Waals surface area contributed by atoms with Crippen molar-refractivity contribution in [3.63, 3.8) is 0 Å². The smallest absolute Gasteiger partial charge is 0.407 e.